The first-order valence-electron chi connectivity index (χ1n) is 5.83. The molecule has 2 aromatic heterocycles. The van der Waals surface area contributed by atoms with Gasteiger partial charge < -0.3 is 19.0 Å². The van der Waals surface area contributed by atoms with Gasteiger partial charge >= 0.3 is 5.97 Å². The van der Waals surface area contributed by atoms with Crippen LogP contribution in [0.3, 0.4) is 0 Å². The molecule has 6 nitrogen and oxygen atoms in total. The van der Waals surface area contributed by atoms with Crippen LogP contribution in [0.15, 0.2) is 28.8 Å². The van der Waals surface area contributed by atoms with Crippen LogP contribution in [0.2, 0.25) is 0 Å². The monoisotopic (exact) mass is 273 g/mol. The summed E-state index contributed by atoms with van der Waals surface area (Å²) >= 11 is 0. The second-order valence-corrected chi connectivity index (χ2v) is 4.12. The van der Waals surface area contributed by atoms with Crippen molar-refractivity contribution in [1.82, 2.24) is 4.98 Å². The molecule has 0 bridgehead atoms. The first kappa shape index (κ1) is 12.3. The van der Waals surface area contributed by atoms with E-state index in [0.29, 0.717) is 33.4 Å². The third kappa shape index (κ3) is 1.58. The van der Waals surface area contributed by atoms with Crippen LogP contribution in [-0.4, -0.2) is 30.3 Å². The lowest BCUT2D eigenvalue weighted by Crippen LogP contribution is -1.92. The lowest BCUT2D eigenvalue weighted by molar-refractivity contribution is 0.0665. The van der Waals surface area contributed by atoms with E-state index in [-0.39, 0.29) is 5.76 Å². The summed E-state index contributed by atoms with van der Waals surface area (Å²) in [6.45, 7) is 0. The second kappa shape index (κ2) is 4.41. The number of hydrogen-bond acceptors (Lipinski definition) is 5. The Morgan fingerprint density at radius 1 is 1.25 bits per heavy atom. The Bertz CT molecular complexity index is 761. The Balaban J connectivity index is 2.54. The maximum atomic E-state index is 11.1. The molecule has 0 amide bonds. The van der Waals surface area contributed by atoms with Crippen molar-refractivity contribution in [3.8, 4) is 11.5 Å². The molecule has 0 aliphatic carbocycles. The molecule has 1 aromatic carbocycles. The highest BCUT2D eigenvalue weighted by atomic mass is 16.5. The molecule has 0 atom stereocenters. The SMILES string of the molecule is COc1c2cc(C(=O)O)oc2c(OC)c2cccnc12. The largest absolute Gasteiger partial charge is 0.494 e. The van der Waals surface area contributed by atoms with Crippen LogP contribution >= 0.6 is 0 Å². The molecular formula is C14H11NO5. The van der Waals surface area contributed by atoms with Gasteiger partial charge in [0.1, 0.15) is 5.52 Å². The van der Waals surface area contributed by atoms with Gasteiger partial charge in [0, 0.05) is 12.3 Å². The lowest BCUT2D eigenvalue weighted by atomic mass is 10.1. The zero-order valence-electron chi connectivity index (χ0n) is 10.8. The molecule has 0 spiro atoms. The molecule has 0 radical (unpaired) electrons. The smallest absolute Gasteiger partial charge is 0.371 e. The quantitative estimate of drug-likeness (QED) is 0.790. The number of benzene rings is 1. The highest BCUT2D eigenvalue weighted by Crippen LogP contribution is 2.42. The first-order chi connectivity index (χ1) is 9.67. The summed E-state index contributed by atoms with van der Waals surface area (Å²) in [5.74, 6) is -0.418. The van der Waals surface area contributed by atoms with Gasteiger partial charge in [-0.25, -0.2) is 4.79 Å². The van der Waals surface area contributed by atoms with Crippen molar-refractivity contribution < 1.29 is 23.8 Å². The molecule has 0 saturated heterocycles. The van der Waals surface area contributed by atoms with Gasteiger partial charge in [0.05, 0.1) is 25.0 Å². The van der Waals surface area contributed by atoms with E-state index in [1.54, 1.807) is 12.3 Å². The summed E-state index contributed by atoms with van der Waals surface area (Å²) in [6.07, 6.45) is 1.63. The number of methoxy groups -OCH3 is 2. The molecule has 20 heavy (non-hydrogen) atoms. The van der Waals surface area contributed by atoms with Gasteiger partial charge in [-0.3, -0.25) is 4.98 Å². The number of aromatic carboxylic acids is 1. The van der Waals surface area contributed by atoms with Crippen LogP contribution in [0.5, 0.6) is 11.5 Å². The van der Waals surface area contributed by atoms with Crippen molar-refractivity contribution in [1.29, 1.82) is 0 Å². The van der Waals surface area contributed by atoms with E-state index in [4.69, 9.17) is 19.0 Å². The van der Waals surface area contributed by atoms with Crippen LogP contribution in [-0.2, 0) is 0 Å². The highest BCUT2D eigenvalue weighted by Gasteiger charge is 2.22. The minimum Gasteiger partial charge on any atom is -0.494 e. The van der Waals surface area contributed by atoms with Crippen molar-refractivity contribution in [3.63, 3.8) is 0 Å². The predicted molar refractivity (Wildman–Crippen MR) is 71.6 cm³/mol. The topological polar surface area (TPSA) is 81.8 Å². The van der Waals surface area contributed by atoms with Crippen molar-refractivity contribution in [2.75, 3.05) is 14.2 Å². The highest BCUT2D eigenvalue weighted by molar-refractivity contribution is 6.09. The van der Waals surface area contributed by atoms with Crippen molar-refractivity contribution in [2.45, 2.75) is 0 Å². The number of nitrogens with zero attached hydrogens (tertiary/aromatic N) is 1. The number of hydrogen-bond donors (Lipinski definition) is 1. The van der Waals surface area contributed by atoms with Crippen LogP contribution in [0.1, 0.15) is 10.6 Å². The standard InChI is InChI=1S/C14H11NO5/c1-18-11-8-6-9(14(16)17)20-13(8)12(19-2)7-4-3-5-15-10(7)11/h3-6H,1-2H3,(H,16,17). The predicted octanol–water partition coefficient (Wildman–Crippen LogP) is 2.70. The van der Waals surface area contributed by atoms with E-state index in [1.807, 2.05) is 6.07 Å². The number of aromatic nitrogens is 1. The summed E-state index contributed by atoms with van der Waals surface area (Å²) < 4.78 is 16.1. The van der Waals surface area contributed by atoms with Gasteiger partial charge in [0.2, 0.25) is 5.76 Å². The molecule has 0 unspecified atom stereocenters. The Kier molecular flexibility index (Phi) is 2.71. The van der Waals surface area contributed by atoms with E-state index in [0.717, 1.165) is 0 Å². The van der Waals surface area contributed by atoms with Gasteiger partial charge in [0.15, 0.2) is 17.1 Å². The maximum absolute atomic E-state index is 11.1. The number of pyridine rings is 1. The summed E-state index contributed by atoms with van der Waals surface area (Å²) in [5, 5.41) is 10.3. The zero-order valence-corrected chi connectivity index (χ0v) is 10.8. The molecule has 3 rings (SSSR count). The number of ether oxygens (including phenoxy) is 2. The van der Waals surface area contributed by atoms with E-state index < -0.39 is 5.97 Å². The molecule has 2 heterocycles. The molecule has 0 aliphatic rings. The number of rotatable bonds is 3. The summed E-state index contributed by atoms with van der Waals surface area (Å²) in [7, 11) is 3.00. The normalized spacial score (nSPS) is 10.9. The molecule has 6 heteroatoms. The van der Waals surface area contributed by atoms with Gasteiger partial charge in [-0.2, -0.15) is 0 Å². The third-order valence-electron chi connectivity index (χ3n) is 3.07. The van der Waals surface area contributed by atoms with Crippen molar-refractivity contribution >= 4 is 27.8 Å². The minimum atomic E-state index is -1.15. The summed E-state index contributed by atoms with van der Waals surface area (Å²) in [5.41, 5.74) is 0.930. The minimum absolute atomic E-state index is 0.174. The molecule has 1 N–H and O–H groups in total. The lowest BCUT2D eigenvalue weighted by Gasteiger charge is -2.10. The first-order valence-corrected chi connectivity index (χ1v) is 5.83. The van der Waals surface area contributed by atoms with E-state index in [9.17, 15) is 4.79 Å². The average molecular weight is 273 g/mol. The third-order valence-corrected chi connectivity index (χ3v) is 3.07. The molecule has 3 aromatic rings. The Morgan fingerprint density at radius 2 is 2.00 bits per heavy atom. The van der Waals surface area contributed by atoms with E-state index in [1.165, 1.54) is 20.3 Å². The number of carboxylic acids is 1. The number of carbonyl (C=O) groups is 1. The molecule has 0 aliphatic heterocycles. The second-order valence-electron chi connectivity index (χ2n) is 4.12. The van der Waals surface area contributed by atoms with Gasteiger partial charge in [-0.05, 0) is 12.1 Å². The van der Waals surface area contributed by atoms with Gasteiger partial charge in [0.25, 0.3) is 0 Å². The number of fused-ring (bicyclic) bond motifs is 2. The van der Waals surface area contributed by atoms with Crippen LogP contribution < -0.4 is 9.47 Å². The van der Waals surface area contributed by atoms with Crippen molar-refractivity contribution in [3.05, 3.63) is 30.2 Å². The number of furan rings is 1. The van der Waals surface area contributed by atoms with Gasteiger partial charge in [-0.1, -0.05) is 0 Å². The Hall–Kier alpha value is -2.76. The molecule has 0 fully saturated rings. The summed E-state index contributed by atoms with van der Waals surface area (Å²) in [4.78, 5) is 15.3. The average Bonchev–Trinajstić information content (AvgIpc) is 2.89. The molecule has 102 valence electrons. The fourth-order valence-electron chi connectivity index (χ4n) is 2.26. The molecular weight excluding hydrogens is 262 g/mol. The zero-order chi connectivity index (χ0) is 14.3. The fraction of sp³-hybridized carbons (Fsp3) is 0.143. The Labute approximate surface area is 113 Å². The van der Waals surface area contributed by atoms with Gasteiger partial charge in [-0.15, -0.1) is 0 Å². The number of carboxylic acid groups (broad SMARTS) is 1. The van der Waals surface area contributed by atoms with Crippen LogP contribution in [0.4, 0.5) is 0 Å². The van der Waals surface area contributed by atoms with Crippen LogP contribution in [0, 0.1) is 0 Å². The fourth-order valence-corrected chi connectivity index (χ4v) is 2.26. The maximum Gasteiger partial charge on any atom is 0.371 e. The van der Waals surface area contributed by atoms with E-state index >= 15 is 0 Å². The van der Waals surface area contributed by atoms with Crippen molar-refractivity contribution in [2.24, 2.45) is 0 Å². The molecule has 0 saturated carbocycles. The van der Waals surface area contributed by atoms with E-state index in [2.05, 4.69) is 4.98 Å². The summed E-state index contributed by atoms with van der Waals surface area (Å²) in [6, 6.07) is 4.98. The van der Waals surface area contributed by atoms with Crippen LogP contribution in [0.25, 0.3) is 21.9 Å². The Morgan fingerprint density at radius 3 is 2.65 bits per heavy atom.